The van der Waals surface area contributed by atoms with Gasteiger partial charge in [-0.25, -0.2) is 4.39 Å². The van der Waals surface area contributed by atoms with Gasteiger partial charge in [0.2, 0.25) is 0 Å². The van der Waals surface area contributed by atoms with E-state index < -0.39 is 6.10 Å². The second kappa shape index (κ2) is 5.84. The Morgan fingerprint density at radius 2 is 1.95 bits per heavy atom. The summed E-state index contributed by atoms with van der Waals surface area (Å²) in [7, 11) is 0. The van der Waals surface area contributed by atoms with E-state index >= 15 is 0 Å². The summed E-state index contributed by atoms with van der Waals surface area (Å²) < 4.78 is 15.4. The predicted molar refractivity (Wildman–Crippen MR) is 75.4 cm³/mol. The van der Waals surface area contributed by atoms with Crippen molar-refractivity contribution < 1.29 is 9.50 Å². The summed E-state index contributed by atoms with van der Waals surface area (Å²) in [6.07, 6.45) is 1.44. The lowest BCUT2D eigenvalue weighted by Gasteiger charge is -2.16. The molecule has 0 aliphatic carbocycles. The van der Waals surface area contributed by atoms with Crippen LogP contribution < -0.4 is 0 Å². The van der Waals surface area contributed by atoms with Crippen molar-refractivity contribution in [2.24, 2.45) is 0 Å². The Labute approximate surface area is 120 Å². The predicted octanol–water partition coefficient (Wildman–Crippen LogP) is 3.64. The molecular formula is C14H16BrFN2O. The van der Waals surface area contributed by atoms with Gasteiger partial charge in [-0.2, -0.15) is 5.10 Å². The van der Waals surface area contributed by atoms with Crippen LogP contribution in [-0.2, 0) is 6.42 Å². The first-order chi connectivity index (χ1) is 8.99. The summed E-state index contributed by atoms with van der Waals surface area (Å²) in [4.78, 5) is 0. The summed E-state index contributed by atoms with van der Waals surface area (Å²) in [5.74, 6) is -0.272. The number of rotatable bonds is 4. The molecule has 19 heavy (non-hydrogen) atoms. The van der Waals surface area contributed by atoms with Gasteiger partial charge in [0.25, 0.3) is 0 Å². The van der Waals surface area contributed by atoms with Crippen LogP contribution in [0.2, 0.25) is 0 Å². The fourth-order valence-electron chi connectivity index (χ4n) is 2.01. The zero-order chi connectivity index (χ0) is 14.0. The third kappa shape index (κ3) is 3.22. The molecule has 0 amide bonds. The van der Waals surface area contributed by atoms with Gasteiger partial charge in [-0.05, 0) is 47.5 Å². The molecule has 102 valence electrons. The average Bonchev–Trinajstić information content (AvgIpc) is 2.74. The van der Waals surface area contributed by atoms with Gasteiger partial charge in [0.1, 0.15) is 11.9 Å². The first-order valence-electron chi connectivity index (χ1n) is 6.14. The zero-order valence-electron chi connectivity index (χ0n) is 10.8. The molecular weight excluding hydrogens is 311 g/mol. The molecule has 2 aromatic rings. The Bertz CT molecular complexity index is 551. The highest BCUT2D eigenvalue weighted by molar-refractivity contribution is 9.10. The minimum absolute atomic E-state index is 0.171. The van der Waals surface area contributed by atoms with Gasteiger partial charge in [0.15, 0.2) is 0 Å². The van der Waals surface area contributed by atoms with Crippen molar-refractivity contribution in [3.05, 3.63) is 52.0 Å². The monoisotopic (exact) mass is 326 g/mol. The lowest BCUT2D eigenvalue weighted by Crippen LogP contribution is -2.13. The number of hydrogen-bond donors (Lipinski definition) is 1. The number of benzene rings is 1. The minimum Gasteiger partial charge on any atom is -0.386 e. The van der Waals surface area contributed by atoms with Crippen LogP contribution in [0.1, 0.15) is 37.3 Å². The van der Waals surface area contributed by atoms with E-state index in [1.54, 1.807) is 23.0 Å². The maximum atomic E-state index is 12.8. The van der Waals surface area contributed by atoms with Crippen LogP contribution in [0.5, 0.6) is 0 Å². The summed E-state index contributed by atoms with van der Waals surface area (Å²) >= 11 is 3.41. The van der Waals surface area contributed by atoms with E-state index in [2.05, 4.69) is 21.0 Å². The molecule has 0 saturated carbocycles. The molecule has 0 aliphatic rings. The molecule has 1 atom stereocenters. The Morgan fingerprint density at radius 3 is 2.53 bits per heavy atom. The molecule has 5 heteroatoms. The smallest absolute Gasteiger partial charge is 0.123 e. The molecule has 0 bridgehead atoms. The van der Waals surface area contributed by atoms with Crippen LogP contribution in [0, 0.1) is 5.82 Å². The van der Waals surface area contributed by atoms with Crippen LogP contribution in [0.4, 0.5) is 4.39 Å². The molecule has 0 fully saturated rings. The Kier molecular flexibility index (Phi) is 4.37. The third-order valence-electron chi connectivity index (χ3n) is 2.93. The molecule has 0 radical (unpaired) electrons. The summed E-state index contributed by atoms with van der Waals surface area (Å²) in [5.41, 5.74) is 1.64. The van der Waals surface area contributed by atoms with Crippen molar-refractivity contribution in [2.75, 3.05) is 0 Å². The molecule has 0 spiro atoms. The van der Waals surface area contributed by atoms with Crippen molar-refractivity contribution in [2.45, 2.75) is 32.4 Å². The molecule has 0 saturated heterocycles. The first kappa shape index (κ1) is 14.2. The second-order valence-corrected chi connectivity index (χ2v) is 5.62. The van der Waals surface area contributed by atoms with Gasteiger partial charge in [-0.3, -0.25) is 4.68 Å². The normalized spacial score (nSPS) is 12.9. The Hall–Kier alpha value is -1.20. The summed E-state index contributed by atoms with van der Waals surface area (Å²) in [5, 5.41) is 14.6. The highest BCUT2D eigenvalue weighted by Crippen LogP contribution is 2.28. The average molecular weight is 327 g/mol. The molecule has 0 aliphatic heterocycles. The third-order valence-corrected chi connectivity index (χ3v) is 3.55. The Morgan fingerprint density at radius 1 is 1.32 bits per heavy atom. The highest BCUT2D eigenvalue weighted by Gasteiger charge is 2.19. The maximum absolute atomic E-state index is 12.8. The number of hydrogen-bond acceptors (Lipinski definition) is 2. The van der Waals surface area contributed by atoms with E-state index in [9.17, 15) is 9.50 Å². The largest absolute Gasteiger partial charge is 0.386 e. The van der Waals surface area contributed by atoms with Gasteiger partial charge >= 0.3 is 0 Å². The SMILES string of the molecule is CC(C)n1ncc(Br)c1C(O)Cc1ccc(F)cc1. The second-order valence-electron chi connectivity index (χ2n) is 4.76. The summed E-state index contributed by atoms with van der Waals surface area (Å²) in [6.45, 7) is 4.01. The van der Waals surface area contributed by atoms with E-state index in [0.29, 0.717) is 6.42 Å². The first-order valence-corrected chi connectivity index (χ1v) is 6.93. The number of halogens is 2. The number of aliphatic hydroxyl groups is 1. The van der Waals surface area contributed by atoms with E-state index in [1.165, 1.54) is 12.1 Å². The van der Waals surface area contributed by atoms with Crippen molar-refractivity contribution in [1.29, 1.82) is 0 Å². The van der Waals surface area contributed by atoms with E-state index in [1.807, 2.05) is 13.8 Å². The number of aromatic nitrogens is 2. The van der Waals surface area contributed by atoms with Crippen LogP contribution in [-0.4, -0.2) is 14.9 Å². The molecule has 1 aromatic heterocycles. The van der Waals surface area contributed by atoms with Gasteiger partial charge < -0.3 is 5.11 Å². The van der Waals surface area contributed by atoms with Crippen molar-refractivity contribution in [3.8, 4) is 0 Å². The van der Waals surface area contributed by atoms with Crippen LogP contribution in [0.25, 0.3) is 0 Å². The number of nitrogens with zero attached hydrogens (tertiary/aromatic N) is 2. The van der Waals surface area contributed by atoms with Crippen molar-refractivity contribution in [3.63, 3.8) is 0 Å². The van der Waals surface area contributed by atoms with Crippen LogP contribution in [0.15, 0.2) is 34.9 Å². The highest BCUT2D eigenvalue weighted by atomic mass is 79.9. The molecule has 1 aromatic carbocycles. The summed E-state index contributed by atoms with van der Waals surface area (Å²) in [6, 6.07) is 6.34. The minimum atomic E-state index is -0.676. The molecule has 2 rings (SSSR count). The van der Waals surface area contributed by atoms with Crippen molar-refractivity contribution in [1.82, 2.24) is 9.78 Å². The quantitative estimate of drug-likeness (QED) is 0.931. The maximum Gasteiger partial charge on any atom is 0.123 e. The van der Waals surface area contributed by atoms with Gasteiger partial charge in [-0.15, -0.1) is 0 Å². The zero-order valence-corrected chi connectivity index (χ0v) is 12.4. The van der Waals surface area contributed by atoms with Crippen LogP contribution in [0.3, 0.4) is 0 Å². The fraction of sp³-hybridized carbons (Fsp3) is 0.357. The van der Waals surface area contributed by atoms with Gasteiger partial charge in [0.05, 0.1) is 16.4 Å². The molecule has 1 N–H and O–H groups in total. The van der Waals surface area contributed by atoms with E-state index in [0.717, 1.165) is 15.7 Å². The standard InChI is InChI=1S/C14H16BrFN2O/c1-9(2)18-14(12(15)8-17-18)13(19)7-10-3-5-11(16)6-4-10/h3-6,8-9,13,19H,7H2,1-2H3. The van der Waals surface area contributed by atoms with E-state index in [-0.39, 0.29) is 11.9 Å². The lowest BCUT2D eigenvalue weighted by molar-refractivity contribution is 0.164. The molecule has 3 nitrogen and oxygen atoms in total. The lowest BCUT2D eigenvalue weighted by atomic mass is 10.1. The van der Waals surface area contributed by atoms with Gasteiger partial charge in [-0.1, -0.05) is 12.1 Å². The van der Waals surface area contributed by atoms with Gasteiger partial charge in [0, 0.05) is 12.5 Å². The van der Waals surface area contributed by atoms with Crippen LogP contribution >= 0.6 is 15.9 Å². The van der Waals surface area contributed by atoms with E-state index in [4.69, 9.17) is 0 Å². The topological polar surface area (TPSA) is 38.0 Å². The molecule has 1 unspecified atom stereocenters. The van der Waals surface area contributed by atoms with Crippen molar-refractivity contribution >= 4 is 15.9 Å². The molecule has 1 heterocycles. The Balaban J connectivity index is 2.22. The number of aliphatic hydroxyl groups excluding tert-OH is 1. The fourth-order valence-corrected chi connectivity index (χ4v) is 2.55.